The van der Waals surface area contributed by atoms with Gasteiger partial charge in [0, 0.05) is 22.5 Å². The molecule has 0 bridgehead atoms. The van der Waals surface area contributed by atoms with Crippen molar-refractivity contribution >= 4 is 10.9 Å². The molecule has 1 N–H and O–H groups in total. The molecule has 0 saturated carbocycles. The van der Waals surface area contributed by atoms with Gasteiger partial charge in [0.2, 0.25) is 11.4 Å². The number of aromatic nitrogens is 3. The van der Waals surface area contributed by atoms with Crippen LogP contribution >= 0.6 is 0 Å². The quantitative estimate of drug-likeness (QED) is 0.603. The second-order valence-electron chi connectivity index (χ2n) is 6.25. The van der Waals surface area contributed by atoms with Gasteiger partial charge < -0.3 is 14.2 Å². The molecule has 1 atom stereocenters. The van der Waals surface area contributed by atoms with Gasteiger partial charge in [-0.25, -0.2) is 0 Å². The van der Waals surface area contributed by atoms with Crippen LogP contribution in [0.5, 0.6) is 0 Å². The van der Waals surface area contributed by atoms with Gasteiger partial charge in [0.15, 0.2) is 6.10 Å². The molecule has 128 valence electrons. The van der Waals surface area contributed by atoms with Crippen LogP contribution < -0.4 is 5.56 Å². The topological polar surface area (TPSA) is 81.0 Å². The summed E-state index contributed by atoms with van der Waals surface area (Å²) in [5.41, 5.74) is 3.45. The number of fused-ring (bicyclic) bond motifs is 2. The Morgan fingerprint density at radius 1 is 1.08 bits per heavy atom. The SMILES string of the molecule is O=c1cc(-c2noc(C3OCCc4ccccc43)n2)c2ccccc2[nH]1. The normalized spacial score (nSPS) is 16.5. The highest BCUT2D eigenvalue weighted by Gasteiger charge is 2.27. The number of ether oxygens (including phenoxy) is 1. The second kappa shape index (κ2) is 5.93. The molecule has 0 spiro atoms. The largest absolute Gasteiger partial charge is 0.363 e. The lowest BCUT2D eigenvalue weighted by molar-refractivity contribution is 0.0476. The first kappa shape index (κ1) is 15.0. The maximum absolute atomic E-state index is 12.0. The van der Waals surface area contributed by atoms with E-state index in [4.69, 9.17) is 9.26 Å². The van der Waals surface area contributed by atoms with E-state index in [2.05, 4.69) is 21.2 Å². The van der Waals surface area contributed by atoms with E-state index in [1.165, 1.54) is 11.6 Å². The van der Waals surface area contributed by atoms with Crippen molar-refractivity contribution in [3.8, 4) is 11.4 Å². The molecule has 1 aliphatic heterocycles. The molecule has 2 aromatic carbocycles. The number of aromatic amines is 1. The maximum Gasteiger partial charge on any atom is 0.260 e. The number of hydrogen-bond donors (Lipinski definition) is 1. The Kier molecular flexibility index (Phi) is 3.43. The van der Waals surface area contributed by atoms with E-state index < -0.39 is 0 Å². The average Bonchev–Trinajstić information content (AvgIpc) is 3.16. The molecule has 1 unspecified atom stereocenters. The molecule has 6 nitrogen and oxygen atoms in total. The third kappa shape index (κ3) is 2.43. The molecule has 0 aliphatic carbocycles. The van der Waals surface area contributed by atoms with E-state index in [1.54, 1.807) is 0 Å². The molecule has 0 saturated heterocycles. The summed E-state index contributed by atoms with van der Waals surface area (Å²) < 4.78 is 11.4. The maximum atomic E-state index is 12.0. The Labute approximate surface area is 148 Å². The van der Waals surface area contributed by atoms with Gasteiger partial charge in [-0.2, -0.15) is 4.98 Å². The summed E-state index contributed by atoms with van der Waals surface area (Å²) in [6, 6.07) is 17.1. The van der Waals surface area contributed by atoms with Crippen molar-refractivity contribution in [2.45, 2.75) is 12.5 Å². The first-order valence-corrected chi connectivity index (χ1v) is 8.45. The van der Waals surface area contributed by atoms with Crippen molar-refractivity contribution < 1.29 is 9.26 Å². The third-order valence-electron chi connectivity index (χ3n) is 4.65. The predicted molar refractivity (Wildman–Crippen MR) is 95.8 cm³/mol. The number of pyridine rings is 1. The van der Waals surface area contributed by atoms with Crippen LogP contribution in [0.25, 0.3) is 22.3 Å². The lowest BCUT2D eigenvalue weighted by atomic mass is 9.97. The fourth-order valence-corrected chi connectivity index (χ4v) is 3.44. The van der Waals surface area contributed by atoms with E-state index in [1.807, 2.05) is 42.5 Å². The number of nitrogens with one attached hydrogen (secondary N) is 1. The van der Waals surface area contributed by atoms with Gasteiger partial charge in [0.25, 0.3) is 5.89 Å². The summed E-state index contributed by atoms with van der Waals surface area (Å²) >= 11 is 0. The Morgan fingerprint density at radius 2 is 1.92 bits per heavy atom. The first-order chi connectivity index (χ1) is 12.8. The van der Waals surface area contributed by atoms with Crippen LogP contribution in [0.3, 0.4) is 0 Å². The average molecular weight is 345 g/mol. The van der Waals surface area contributed by atoms with Crippen molar-refractivity contribution in [1.29, 1.82) is 0 Å². The van der Waals surface area contributed by atoms with Crippen LogP contribution in [0.4, 0.5) is 0 Å². The Hall–Kier alpha value is -3.25. The highest BCUT2D eigenvalue weighted by Crippen LogP contribution is 2.33. The van der Waals surface area contributed by atoms with Gasteiger partial charge in [-0.15, -0.1) is 0 Å². The minimum absolute atomic E-state index is 0.204. The van der Waals surface area contributed by atoms with Crippen LogP contribution in [0.2, 0.25) is 0 Å². The van der Waals surface area contributed by atoms with Gasteiger partial charge in [-0.1, -0.05) is 47.6 Å². The highest BCUT2D eigenvalue weighted by atomic mass is 16.5. The smallest absolute Gasteiger partial charge is 0.260 e. The molecule has 2 aromatic heterocycles. The molecule has 5 rings (SSSR count). The molecule has 26 heavy (non-hydrogen) atoms. The molecule has 3 heterocycles. The predicted octanol–water partition coefficient (Wildman–Crippen LogP) is 3.24. The van der Waals surface area contributed by atoms with Gasteiger partial charge >= 0.3 is 0 Å². The van der Waals surface area contributed by atoms with Crippen LogP contribution in [0.15, 0.2) is 63.9 Å². The van der Waals surface area contributed by atoms with Crippen LogP contribution in [-0.2, 0) is 11.2 Å². The molecular weight excluding hydrogens is 330 g/mol. The van der Waals surface area contributed by atoms with Gasteiger partial charge in [0.05, 0.1) is 6.61 Å². The van der Waals surface area contributed by atoms with Crippen molar-refractivity contribution in [1.82, 2.24) is 15.1 Å². The van der Waals surface area contributed by atoms with Gasteiger partial charge in [-0.3, -0.25) is 4.79 Å². The zero-order chi connectivity index (χ0) is 17.5. The first-order valence-electron chi connectivity index (χ1n) is 8.45. The molecule has 0 amide bonds. The number of H-pyrrole nitrogens is 1. The van der Waals surface area contributed by atoms with E-state index in [0.29, 0.717) is 23.9 Å². The summed E-state index contributed by atoms with van der Waals surface area (Å²) in [6.45, 7) is 0.604. The molecule has 0 fully saturated rings. The molecular formula is C20H15N3O3. The van der Waals surface area contributed by atoms with Gasteiger partial charge in [-0.05, 0) is 23.6 Å². The monoisotopic (exact) mass is 345 g/mol. The molecule has 1 aliphatic rings. The van der Waals surface area contributed by atoms with Crippen molar-refractivity contribution in [2.24, 2.45) is 0 Å². The van der Waals surface area contributed by atoms with Gasteiger partial charge in [0.1, 0.15) is 0 Å². The minimum Gasteiger partial charge on any atom is -0.363 e. The summed E-state index contributed by atoms with van der Waals surface area (Å²) in [7, 11) is 0. The van der Waals surface area contributed by atoms with Crippen molar-refractivity contribution in [2.75, 3.05) is 6.61 Å². The van der Waals surface area contributed by atoms with Crippen molar-refractivity contribution in [3.05, 3.63) is 82.0 Å². The lowest BCUT2D eigenvalue weighted by Gasteiger charge is -2.22. The van der Waals surface area contributed by atoms with E-state index >= 15 is 0 Å². The summed E-state index contributed by atoms with van der Waals surface area (Å²) in [4.78, 5) is 19.3. The van der Waals surface area contributed by atoms with Crippen molar-refractivity contribution in [3.63, 3.8) is 0 Å². The second-order valence-corrected chi connectivity index (χ2v) is 6.25. The summed E-state index contributed by atoms with van der Waals surface area (Å²) in [5, 5.41) is 4.97. The van der Waals surface area contributed by atoms with E-state index in [0.717, 1.165) is 22.9 Å². The third-order valence-corrected chi connectivity index (χ3v) is 4.65. The molecule has 0 radical (unpaired) electrons. The zero-order valence-electron chi connectivity index (χ0n) is 13.8. The standard InChI is InChI=1S/C20H15N3O3/c24-17-11-15(14-7-3-4-8-16(14)21-17)19-22-20(26-23-19)18-13-6-2-1-5-12(13)9-10-25-18/h1-8,11,18H,9-10H2,(H,21,24). The lowest BCUT2D eigenvalue weighted by Crippen LogP contribution is -2.17. The number of benzene rings is 2. The fraction of sp³-hybridized carbons (Fsp3) is 0.150. The highest BCUT2D eigenvalue weighted by molar-refractivity contribution is 5.92. The Morgan fingerprint density at radius 3 is 2.88 bits per heavy atom. The number of nitrogens with zero attached hydrogens (tertiary/aromatic N) is 2. The van der Waals surface area contributed by atoms with E-state index in [9.17, 15) is 4.79 Å². The zero-order valence-corrected chi connectivity index (χ0v) is 13.8. The van der Waals surface area contributed by atoms with E-state index in [-0.39, 0.29) is 11.7 Å². The Balaban J connectivity index is 1.62. The fourth-order valence-electron chi connectivity index (χ4n) is 3.44. The molecule has 6 heteroatoms. The van der Waals surface area contributed by atoms with Crippen LogP contribution in [0.1, 0.15) is 23.1 Å². The van der Waals surface area contributed by atoms with Crippen LogP contribution in [0, 0.1) is 0 Å². The minimum atomic E-state index is -0.380. The number of rotatable bonds is 2. The molecule has 4 aromatic rings. The number of hydrogen-bond acceptors (Lipinski definition) is 5. The summed E-state index contributed by atoms with van der Waals surface area (Å²) in [6.07, 6.45) is 0.487. The Bertz CT molecular complexity index is 1160. The number of para-hydroxylation sites is 1. The summed E-state index contributed by atoms with van der Waals surface area (Å²) in [5.74, 6) is 0.783. The van der Waals surface area contributed by atoms with Crippen LogP contribution in [-0.4, -0.2) is 21.7 Å².